The van der Waals surface area contributed by atoms with E-state index in [0.717, 1.165) is 5.56 Å². The van der Waals surface area contributed by atoms with Crippen LogP contribution < -0.4 is 10.2 Å². The first-order valence-electron chi connectivity index (χ1n) is 13.3. The van der Waals surface area contributed by atoms with Gasteiger partial charge in [-0.2, -0.15) is 0 Å². The van der Waals surface area contributed by atoms with Crippen LogP contribution >= 0.6 is 0 Å². The summed E-state index contributed by atoms with van der Waals surface area (Å²) in [5.74, 6) is -2.31. The Kier molecular flexibility index (Phi) is 5.47. The van der Waals surface area contributed by atoms with Crippen LogP contribution in [0.5, 0.6) is 0 Å². The standard InChI is InChI=1S/C33H23N3O5/c37-30(21-10-2-1-3-11-21)28-29(31(38)22-12-8-13-23(19-22)36(40)41)35-26-16-7-4-9-20(26)17-18-27(35)33(28)24-14-5-6-15-25(24)34-32(33)39/h1-19,27-29H,(H,34,39)/t27-,28-,29+,33-/m1/s1. The van der Waals surface area contributed by atoms with E-state index in [2.05, 4.69) is 5.32 Å². The van der Waals surface area contributed by atoms with Crippen molar-refractivity contribution in [1.82, 2.24) is 0 Å². The number of rotatable bonds is 5. The maximum Gasteiger partial charge on any atom is 0.270 e. The van der Waals surface area contributed by atoms with Gasteiger partial charge < -0.3 is 10.2 Å². The number of Topliss-reactive ketones (excluding diaryl/α,β-unsaturated/α-hetero) is 2. The van der Waals surface area contributed by atoms with E-state index in [9.17, 15) is 24.5 Å². The van der Waals surface area contributed by atoms with Crippen LogP contribution in [0, 0.1) is 16.0 Å². The van der Waals surface area contributed by atoms with Crippen LogP contribution in [0.1, 0.15) is 31.8 Å². The van der Waals surface area contributed by atoms with Crippen molar-refractivity contribution in [3.05, 3.63) is 142 Å². The number of nitro benzene ring substituents is 1. The number of anilines is 2. The predicted octanol–water partition coefficient (Wildman–Crippen LogP) is 5.45. The maximum absolute atomic E-state index is 14.6. The number of carbonyl (C=O) groups is 3. The molecular weight excluding hydrogens is 518 g/mol. The van der Waals surface area contributed by atoms with Crippen molar-refractivity contribution in [2.45, 2.75) is 17.5 Å². The molecule has 8 heteroatoms. The van der Waals surface area contributed by atoms with Gasteiger partial charge in [-0.05, 0) is 23.3 Å². The van der Waals surface area contributed by atoms with Crippen LogP contribution in [0.2, 0.25) is 0 Å². The topological polar surface area (TPSA) is 110 Å². The summed E-state index contributed by atoms with van der Waals surface area (Å²) in [6.45, 7) is 0. The van der Waals surface area contributed by atoms with E-state index < -0.39 is 34.1 Å². The van der Waals surface area contributed by atoms with Gasteiger partial charge in [0.15, 0.2) is 11.6 Å². The van der Waals surface area contributed by atoms with E-state index in [1.807, 2.05) is 59.5 Å². The van der Waals surface area contributed by atoms with Crippen molar-refractivity contribution in [1.29, 1.82) is 0 Å². The van der Waals surface area contributed by atoms with Crippen molar-refractivity contribution in [2.24, 2.45) is 5.92 Å². The molecule has 3 heterocycles. The van der Waals surface area contributed by atoms with Gasteiger partial charge in [0.25, 0.3) is 5.69 Å². The number of hydrogen-bond acceptors (Lipinski definition) is 6. The minimum Gasteiger partial charge on any atom is -0.352 e. The number of ketones is 2. The third kappa shape index (κ3) is 3.43. The monoisotopic (exact) mass is 541 g/mol. The lowest BCUT2D eigenvalue weighted by Crippen LogP contribution is -2.51. The van der Waals surface area contributed by atoms with Gasteiger partial charge in [-0.3, -0.25) is 24.5 Å². The average Bonchev–Trinajstić information content (AvgIpc) is 3.49. The lowest BCUT2D eigenvalue weighted by molar-refractivity contribution is -0.384. The number of nitrogens with zero attached hydrogens (tertiary/aromatic N) is 2. The number of fused-ring (bicyclic) bond motifs is 6. The molecule has 1 fully saturated rings. The van der Waals surface area contributed by atoms with Crippen LogP contribution in [-0.2, 0) is 10.2 Å². The Bertz CT molecular complexity index is 1800. The molecule has 0 aromatic heterocycles. The average molecular weight is 542 g/mol. The molecule has 0 aliphatic carbocycles. The van der Waals surface area contributed by atoms with E-state index in [1.165, 1.54) is 24.3 Å². The van der Waals surface area contributed by atoms with Crippen molar-refractivity contribution in [3.63, 3.8) is 0 Å². The minimum absolute atomic E-state index is 0.101. The highest BCUT2D eigenvalue weighted by Gasteiger charge is 2.70. The third-order valence-corrected chi connectivity index (χ3v) is 8.49. The Labute approximate surface area is 235 Å². The summed E-state index contributed by atoms with van der Waals surface area (Å²) in [4.78, 5) is 56.5. The van der Waals surface area contributed by atoms with Gasteiger partial charge in [-0.1, -0.05) is 91.0 Å². The molecule has 41 heavy (non-hydrogen) atoms. The van der Waals surface area contributed by atoms with Crippen LogP contribution in [0.4, 0.5) is 17.1 Å². The second-order valence-corrected chi connectivity index (χ2v) is 10.5. The van der Waals surface area contributed by atoms with Gasteiger partial charge in [-0.25, -0.2) is 0 Å². The van der Waals surface area contributed by atoms with Crippen molar-refractivity contribution in [2.75, 3.05) is 10.2 Å². The lowest BCUT2D eigenvalue weighted by atomic mass is 9.64. The SMILES string of the molecule is O=C(c1cccc([N+](=O)[O-])c1)[C@@H]1[C@H](C(=O)c2ccccc2)[C@]2(C(=O)Nc3ccccc32)[C@H]2C=Cc3ccccc3N12. The first-order valence-corrected chi connectivity index (χ1v) is 13.3. The van der Waals surface area contributed by atoms with Crippen LogP contribution in [-0.4, -0.2) is 34.5 Å². The van der Waals surface area contributed by atoms with Crippen molar-refractivity contribution in [3.8, 4) is 0 Å². The quantitative estimate of drug-likeness (QED) is 0.204. The maximum atomic E-state index is 14.6. The molecule has 0 saturated carbocycles. The molecular formula is C33H23N3O5. The molecule has 200 valence electrons. The van der Waals surface area contributed by atoms with Crippen molar-refractivity contribution < 1.29 is 19.3 Å². The summed E-state index contributed by atoms with van der Waals surface area (Å²) in [5, 5.41) is 14.6. The number of para-hydroxylation sites is 2. The molecule has 1 spiro atoms. The Balaban J connectivity index is 1.53. The summed E-state index contributed by atoms with van der Waals surface area (Å²) in [5.41, 5.74) is 1.61. The molecule has 1 N–H and O–H groups in total. The zero-order valence-electron chi connectivity index (χ0n) is 21.6. The fraction of sp³-hybridized carbons (Fsp3) is 0.121. The first kappa shape index (κ1) is 24.7. The first-order chi connectivity index (χ1) is 19.9. The molecule has 7 rings (SSSR count). The van der Waals surface area contributed by atoms with Gasteiger partial charge >= 0.3 is 0 Å². The number of non-ortho nitro benzene ring substituents is 1. The molecule has 1 amide bonds. The van der Waals surface area contributed by atoms with Gasteiger partial charge in [0.1, 0.15) is 11.5 Å². The largest absolute Gasteiger partial charge is 0.352 e. The van der Waals surface area contributed by atoms with E-state index in [4.69, 9.17) is 0 Å². The van der Waals surface area contributed by atoms with Gasteiger partial charge in [-0.15, -0.1) is 0 Å². The zero-order valence-corrected chi connectivity index (χ0v) is 21.6. The number of nitrogens with one attached hydrogen (secondary N) is 1. The van der Waals surface area contributed by atoms with E-state index in [0.29, 0.717) is 22.5 Å². The van der Waals surface area contributed by atoms with Gasteiger partial charge in [0, 0.05) is 34.6 Å². The van der Waals surface area contributed by atoms with E-state index >= 15 is 0 Å². The molecule has 4 aromatic carbocycles. The zero-order chi connectivity index (χ0) is 28.3. The normalized spacial score (nSPS) is 23.5. The summed E-state index contributed by atoms with van der Waals surface area (Å²) in [6, 6.07) is 27.2. The smallest absolute Gasteiger partial charge is 0.270 e. The van der Waals surface area contributed by atoms with Crippen molar-refractivity contribution >= 4 is 40.6 Å². The highest BCUT2D eigenvalue weighted by molar-refractivity contribution is 6.18. The lowest BCUT2D eigenvalue weighted by Gasteiger charge is -2.37. The highest BCUT2D eigenvalue weighted by Crippen LogP contribution is 2.58. The third-order valence-electron chi connectivity index (χ3n) is 8.49. The molecule has 0 bridgehead atoms. The fourth-order valence-electron chi connectivity index (χ4n) is 6.85. The molecule has 8 nitrogen and oxygen atoms in total. The Morgan fingerprint density at radius 1 is 0.829 bits per heavy atom. The number of nitro groups is 1. The van der Waals surface area contributed by atoms with E-state index in [1.54, 1.807) is 36.4 Å². The molecule has 4 atom stereocenters. The predicted molar refractivity (Wildman–Crippen MR) is 154 cm³/mol. The van der Waals surface area contributed by atoms with Gasteiger partial charge in [0.2, 0.25) is 5.91 Å². The number of amides is 1. The molecule has 3 aliphatic rings. The highest BCUT2D eigenvalue weighted by atomic mass is 16.6. The molecule has 0 radical (unpaired) electrons. The summed E-state index contributed by atoms with van der Waals surface area (Å²) >= 11 is 0. The molecule has 0 unspecified atom stereocenters. The Morgan fingerprint density at radius 3 is 2.34 bits per heavy atom. The second kappa shape index (κ2) is 9.09. The van der Waals surface area contributed by atoms with Crippen LogP contribution in [0.15, 0.2) is 109 Å². The summed E-state index contributed by atoms with van der Waals surface area (Å²) in [6.07, 6.45) is 3.83. The Hall–Kier alpha value is -5.37. The minimum atomic E-state index is -1.44. The number of benzene rings is 4. The van der Waals surface area contributed by atoms with Crippen LogP contribution in [0.25, 0.3) is 6.08 Å². The molecule has 1 saturated heterocycles. The number of carbonyl (C=O) groups excluding carboxylic acids is 3. The molecule has 3 aliphatic heterocycles. The molecule has 4 aromatic rings. The van der Waals surface area contributed by atoms with Gasteiger partial charge in [0.05, 0.1) is 16.9 Å². The van der Waals surface area contributed by atoms with E-state index in [-0.39, 0.29) is 22.9 Å². The summed E-state index contributed by atoms with van der Waals surface area (Å²) < 4.78 is 0. The summed E-state index contributed by atoms with van der Waals surface area (Å²) in [7, 11) is 0. The second-order valence-electron chi connectivity index (χ2n) is 10.5. The Morgan fingerprint density at radius 2 is 1.54 bits per heavy atom. The van der Waals surface area contributed by atoms with Crippen LogP contribution in [0.3, 0.4) is 0 Å². The number of hydrogen-bond donors (Lipinski definition) is 1. The fourth-order valence-corrected chi connectivity index (χ4v) is 6.85.